The van der Waals surface area contributed by atoms with Crippen molar-refractivity contribution in [3.63, 3.8) is 0 Å². The smallest absolute Gasteiger partial charge is 0.235 e. The molecule has 318 valence electrons. The van der Waals surface area contributed by atoms with Crippen molar-refractivity contribution >= 4 is 101 Å². The number of hydrogen-bond donors (Lipinski definition) is 4. The molecule has 0 spiro atoms. The first-order valence-electron chi connectivity index (χ1n) is 21.1. The van der Waals surface area contributed by atoms with E-state index in [2.05, 4.69) is 167 Å². The van der Waals surface area contributed by atoms with Gasteiger partial charge < -0.3 is 20.6 Å². The molecule has 8 bridgehead atoms. The number of hydrogen-bond acceptors (Lipinski definition) is 4. The maximum absolute atomic E-state index is 12.3. The SMILES string of the molecule is Cc1cc(C)c(-c2c3nc(c(-c4ccc(NC(=O)CBr)cc4)c4ccc([nH]4)c(-c4c(C)cc(C)cc4C)c4nc(c(-c5ccc(NC(=O)CBr)cc5)c5ccc2[nH]5)C=C4)C=C3)c(C)c1. The lowest BCUT2D eigenvalue weighted by Gasteiger charge is -2.13. The maximum atomic E-state index is 12.3. The Morgan fingerprint density at radius 1 is 0.438 bits per heavy atom. The van der Waals surface area contributed by atoms with Gasteiger partial charge in [-0.3, -0.25) is 9.59 Å². The van der Waals surface area contributed by atoms with Crippen molar-refractivity contribution in [1.29, 1.82) is 0 Å². The van der Waals surface area contributed by atoms with E-state index in [1.165, 1.54) is 11.1 Å². The number of benzene rings is 4. The Labute approximate surface area is 389 Å². The fourth-order valence-electron chi connectivity index (χ4n) is 9.32. The van der Waals surface area contributed by atoms with Gasteiger partial charge in [-0.15, -0.1) is 0 Å². The molecule has 0 saturated carbocycles. The van der Waals surface area contributed by atoms with Gasteiger partial charge >= 0.3 is 0 Å². The zero-order chi connectivity index (χ0) is 44.8. The number of aromatic nitrogens is 4. The number of rotatable bonds is 8. The van der Waals surface area contributed by atoms with Crippen LogP contribution in [-0.2, 0) is 9.59 Å². The molecule has 64 heavy (non-hydrogen) atoms. The van der Waals surface area contributed by atoms with Gasteiger partial charge in [0.15, 0.2) is 0 Å². The van der Waals surface area contributed by atoms with Crippen LogP contribution >= 0.6 is 31.9 Å². The van der Waals surface area contributed by atoms with E-state index < -0.39 is 0 Å². The molecular weight excluding hydrogens is 924 g/mol. The minimum Gasteiger partial charge on any atom is -0.354 e. The lowest BCUT2D eigenvalue weighted by atomic mass is 9.92. The van der Waals surface area contributed by atoms with E-state index in [9.17, 15) is 9.59 Å². The van der Waals surface area contributed by atoms with Gasteiger partial charge in [-0.1, -0.05) is 91.5 Å². The van der Waals surface area contributed by atoms with Crippen LogP contribution in [0.25, 0.3) is 90.9 Å². The van der Waals surface area contributed by atoms with Crippen molar-refractivity contribution in [3.8, 4) is 44.5 Å². The summed E-state index contributed by atoms with van der Waals surface area (Å²) in [5.41, 5.74) is 23.2. The van der Waals surface area contributed by atoms with Crippen LogP contribution in [0.5, 0.6) is 0 Å². The molecule has 9 rings (SSSR count). The van der Waals surface area contributed by atoms with E-state index >= 15 is 0 Å². The zero-order valence-corrected chi connectivity index (χ0v) is 39.6. The molecule has 0 fully saturated rings. The molecule has 4 aromatic carbocycles. The Morgan fingerprint density at radius 3 is 1.05 bits per heavy atom. The van der Waals surface area contributed by atoms with E-state index in [1.807, 2.05) is 48.5 Å². The molecule has 0 saturated heterocycles. The van der Waals surface area contributed by atoms with Gasteiger partial charge in [-0.2, -0.15) is 0 Å². The fraction of sp³-hybridized carbons (Fsp3) is 0.148. The van der Waals surface area contributed by atoms with Crippen LogP contribution < -0.4 is 10.6 Å². The lowest BCUT2D eigenvalue weighted by molar-refractivity contribution is -0.114. The Kier molecular flexibility index (Phi) is 11.7. The van der Waals surface area contributed by atoms with Crippen molar-refractivity contribution in [2.45, 2.75) is 41.5 Å². The van der Waals surface area contributed by atoms with Crippen LogP contribution in [0, 0.1) is 41.5 Å². The molecule has 3 aromatic heterocycles. The predicted octanol–water partition coefficient (Wildman–Crippen LogP) is 13.8. The molecular formula is C54H46Br2N6O2. The molecule has 0 radical (unpaired) electrons. The Bertz CT molecular complexity index is 3020. The highest BCUT2D eigenvalue weighted by molar-refractivity contribution is 9.09. The first kappa shape index (κ1) is 42.7. The number of carbonyl (C=O) groups is 2. The Hall–Kier alpha value is -6.62. The number of halogens is 2. The molecule has 0 unspecified atom stereocenters. The summed E-state index contributed by atoms with van der Waals surface area (Å²) in [6.07, 6.45) is 8.43. The van der Waals surface area contributed by atoms with Crippen LogP contribution in [0.4, 0.5) is 11.4 Å². The van der Waals surface area contributed by atoms with Crippen LogP contribution in [0.2, 0.25) is 0 Å². The third-order valence-electron chi connectivity index (χ3n) is 11.8. The molecule has 4 N–H and O–H groups in total. The summed E-state index contributed by atoms with van der Waals surface area (Å²) in [5, 5.41) is 6.32. The summed E-state index contributed by atoms with van der Waals surface area (Å²) in [6, 6.07) is 33.3. The fourth-order valence-corrected chi connectivity index (χ4v) is 9.60. The van der Waals surface area contributed by atoms with Crippen molar-refractivity contribution in [1.82, 2.24) is 19.9 Å². The molecule has 2 aliphatic heterocycles. The third kappa shape index (κ3) is 8.19. The van der Waals surface area contributed by atoms with E-state index in [1.54, 1.807) is 0 Å². The Balaban J connectivity index is 1.43. The van der Waals surface area contributed by atoms with Gasteiger partial charge in [0.2, 0.25) is 11.8 Å². The first-order chi connectivity index (χ1) is 30.9. The maximum Gasteiger partial charge on any atom is 0.235 e. The molecule has 5 heterocycles. The van der Waals surface area contributed by atoms with Gasteiger partial charge in [-0.25, -0.2) is 9.97 Å². The number of nitrogens with one attached hydrogen (secondary N) is 4. The highest BCUT2D eigenvalue weighted by atomic mass is 79.9. The van der Waals surface area contributed by atoms with E-state index in [-0.39, 0.29) is 22.5 Å². The number of H-pyrrole nitrogens is 2. The van der Waals surface area contributed by atoms with Gasteiger partial charge in [0, 0.05) is 55.7 Å². The van der Waals surface area contributed by atoms with Gasteiger partial charge in [-0.05, 0) is 159 Å². The minimum absolute atomic E-state index is 0.119. The van der Waals surface area contributed by atoms with Crippen LogP contribution in [0.1, 0.15) is 56.2 Å². The van der Waals surface area contributed by atoms with E-state index in [0.717, 1.165) is 112 Å². The summed E-state index contributed by atoms with van der Waals surface area (Å²) in [4.78, 5) is 43.3. The topological polar surface area (TPSA) is 116 Å². The molecule has 7 aromatic rings. The summed E-state index contributed by atoms with van der Waals surface area (Å²) < 4.78 is 0. The average molecular weight is 971 g/mol. The number of aryl methyl sites for hydroxylation is 6. The van der Waals surface area contributed by atoms with Crippen molar-refractivity contribution in [2.75, 3.05) is 21.3 Å². The van der Waals surface area contributed by atoms with E-state index in [4.69, 9.17) is 9.97 Å². The molecule has 0 aliphatic carbocycles. The van der Waals surface area contributed by atoms with Crippen LogP contribution in [0.15, 0.2) is 97.1 Å². The second-order valence-electron chi connectivity index (χ2n) is 16.6. The summed E-state index contributed by atoms with van der Waals surface area (Å²) in [5.74, 6) is -0.238. The third-order valence-corrected chi connectivity index (χ3v) is 12.8. The van der Waals surface area contributed by atoms with Crippen LogP contribution in [-0.4, -0.2) is 42.4 Å². The summed E-state index contributed by atoms with van der Waals surface area (Å²) >= 11 is 6.53. The zero-order valence-electron chi connectivity index (χ0n) is 36.4. The monoisotopic (exact) mass is 968 g/mol. The lowest BCUT2D eigenvalue weighted by Crippen LogP contribution is -2.11. The quantitative estimate of drug-likeness (QED) is 0.114. The van der Waals surface area contributed by atoms with Crippen molar-refractivity contribution in [3.05, 3.63) is 153 Å². The number of nitrogens with zero attached hydrogens (tertiary/aromatic N) is 2. The largest absolute Gasteiger partial charge is 0.354 e. The molecule has 8 nitrogen and oxygen atoms in total. The van der Waals surface area contributed by atoms with Gasteiger partial charge in [0.05, 0.1) is 33.4 Å². The second kappa shape index (κ2) is 17.5. The standard InChI is InChI=1S/C54H46Br2N6O2/c1-29-23-31(3)49(32(4)24-29)53-43-19-15-39(59-43)51(35-7-11-37(12-8-35)57-47(63)27-55)41-17-21-45(61-41)54(50-33(5)25-30(2)26-34(50)6)46-22-18-42(62-46)52(40-16-20-44(53)60-40)36-9-13-38(14-10-36)58-48(64)28-56/h7-26,59,62H,27-28H2,1-6H3,(H,57,63)(H,58,64). The molecule has 0 atom stereocenters. The second-order valence-corrected chi connectivity index (χ2v) is 17.7. The number of alkyl halides is 2. The predicted molar refractivity (Wildman–Crippen MR) is 274 cm³/mol. The molecule has 10 heteroatoms. The molecule has 2 amide bonds. The van der Waals surface area contributed by atoms with Crippen LogP contribution in [0.3, 0.4) is 0 Å². The summed E-state index contributed by atoms with van der Waals surface area (Å²) in [7, 11) is 0. The van der Waals surface area contributed by atoms with Gasteiger partial charge in [0.1, 0.15) is 0 Å². The number of amides is 2. The highest BCUT2D eigenvalue weighted by Gasteiger charge is 2.22. The number of fused-ring (bicyclic) bond motifs is 8. The molecule has 2 aliphatic rings. The van der Waals surface area contributed by atoms with E-state index in [0.29, 0.717) is 11.4 Å². The number of anilines is 2. The van der Waals surface area contributed by atoms with Crippen molar-refractivity contribution in [2.24, 2.45) is 0 Å². The normalized spacial score (nSPS) is 11.9. The number of carbonyl (C=O) groups excluding carboxylic acids is 2. The van der Waals surface area contributed by atoms with Crippen molar-refractivity contribution < 1.29 is 9.59 Å². The highest BCUT2D eigenvalue weighted by Crippen LogP contribution is 2.41. The average Bonchev–Trinajstić information content (AvgIpc) is 4.11. The number of aromatic amines is 2. The Morgan fingerprint density at radius 2 is 0.734 bits per heavy atom. The minimum atomic E-state index is -0.119. The first-order valence-corrected chi connectivity index (χ1v) is 23.4. The summed E-state index contributed by atoms with van der Waals surface area (Å²) in [6.45, 7) is 12.9. The van der Waals surface area contributed by atoms with Gasteiger partial charge in [0.25, 0.3) is 0 Å².